The lowest BCUT2D eigenvalue weighted by atomic mass is 10.2. The van der Waals surface area contributed by atoms with Gasteiger partial charge in [0.2, 0.25) is 0 Å². The lowest BCUT2D eigenvalue weighted by molar-refractivity contribution is 0.164. The van der Waals surface area contributed by atoms with Crippen LogP contribution < -0.4 is 5.32 Å². The van der Waals surface area contributed by atoms with Crippen molar-refractivity contribution in [1.29, 1.82) is 0 Å². The van der Waals surface area contributed by atoms with Gasteiger partial charge in [-0.15, -0.1) is 11.3 Å². The summed E-state index contributed by atoms with van der Waals surface area (Å²) in [5.74, 6) is 1.42. The van der Waals surface area contributed by atoms with Gasteiger partial charge in [0, 0.05) is 23.4 Å². The van der Waals surface area contributed by atoms with Crippen molar-refractivity contribution in [1.82, 2.24) is 15.2 Å². The lowest BCUT2D eigenvalue weighted by Crippen LogP contribution is -2.47. The third-order valence-corrected chi connectivity index (χ3v) is 6.19. The summed E-state index contributed by atoms with van der Waals surface area (Å²) in [6.07, 6.45) is 7.46. The molecule has 1 aromatic rings. The van der Waals surface area contributed by atoms with E-state index in [0.717, 1.165) is 11.6 Å². The van der Waals surface area contributed by atoms with Crippen LogP contribution in [0.3, 0.4) is 0 Å². The number of amides is 2. The molecule has 3 aliphatic carbocycles. The van der Waals surface area contributed by atoms with E-state index >= 15 is 0 Å². The zero-order valence-electron chi connectivity index (χ0n) is 13.4. The molecular weight excluding hydrogens is 294 g/mol. The van der Waals surface area contributed by atoms with Crippen LogP contribution in [0.25, 0.3) is 0 Å². The molecule has 4 nitrogen and oxygen atoms in total. The first-order valence-corrected chi connectivity index (χ1v) is 9.55. The highest BCUT2D eigenvalue weighted by Gasteiger charge is 2.42. The zero-order valence-corrected chi connectivity index (χ0v) is 14.2. The van der Waals surface area contributed by atoms with Crippen molar-refractivity contribution in [2.45, 2.75) is 76.4 Å². The molecule has 3 saturated carbocycles. The fraction of sp³-hybridized carbons (Fsp3) is 0.765. The van der Waals surface area contributed by atoms with Crippen LogP contribution in [-0.2, 0) is 0 Å². The molecule has 0 radical (unpaired) electrons. The van der Waals surface area contributed by atoms with Crippen LogP contribution >= 0.6 is 11.3 Å². The number of hydrogen-bond donors (Lipinski definition) is 1. The van der Waals surface area contributed by atoms with Gasteiger partial charge in [0.1, 0.15) is 0 Å². The molecule has 22 heavy (non-hydrogen) atoms. The molecule has 2 amide bonds. The minimum Gasteiger partial charge on any atom is -0.330 e. The maximum Gasteiger partial charge on any atom is 0.318 e. The quantitative estimate of drug-likeness (QED) is 0.859. The predicted molar refractivity (Wildman–Crippen MR) is 88.1 cm³/mol. The first-order chi connectivity index (χ1) is 10.6. The Balaban J connectivity index is 1.40. The van der Waals surface area contributed by atoms with Crippen molar-refractivity contribution in [3.63, 3.8) is 0 Å². The molecule has 0 spiro atoms. The number of rotatable bonds is 6. The molecule has 0 aromatic carbocycles. The summed E-state index contributed by atoms with van der Waals surface area (Å²) in [4.78, 5) is 19.6. The molecule has 3 fully saturated rings. The molecule has 0 unspecified atom stereocenters. The van der Waals surface area contributed by atoms with Crippen molar-refractivity contribution in [2.24, 2.45) is 5.92 Å². The van der Waals surface area contributed by atoms with Gasteiger partial charge < -0.3 is 10.2 Å². The van der Waals surface area contributed by atoms with Gasteiger partial charge >= 0.3 is 6.03 Å². The third-order valence-electron chi connectivity index (χ3n) is 5.17. The Hall–Kier alpha value is -1.10. The van der Waals surface area contributed by atoms with E-state index in [4.69, 9.17) is 4.98 Å². The summed E-state index contributed by atoms with van der Waals surface area (Å²) in [7, 11) is 0. The number of urea groups is 1. The molecule has 0 bridgehead atoms. The van der Waals surface area contributed by atoms with E-state index in [2.05, 4.69) is 29.4 Å². The Morgan fingerprint density at radius 2 is 2.00 bits per heavy atom. The van der Waals surface area contributed by atoms with Crippen molar-refractivity contribution >= 4 is 17.4 Å². The van der Waals surface area contributed by atoms with Crippen LogP contribution in [0.4, 0.5) is 4.79 Å². The Bertz CT molecular complexity index is 560. The molecule has 120 valence electrons. The normalized spacial score (nSPS) is 23.9. The molecule has 4 rings (SSSR count). The largest absolute Gasteiger partial charge is 0.330 e. The van der Waals surface area contributed by atoms with Gasteiger partial charge in [-0.2, -0.15) is 0 Å². The Labute approximate surface area is 136 Å². The van der Waals surface area contributed by atoms with Gasteiger partial charge in [0.05, 0.1) is 16.7 Å². The van der Waals surface area contributed by atoms with E-state index in [-0.39, 0.29) is 12.1 Å². The van der Waals surface area contributed by atoms with Crippen molar-refractivity contribution in [3.8, 4) is 0 Å². The predicted octanol–water partition coefficient (Wildman–Crippen LogP) is 4.05. The molecular formula is C17H25N3OS. The fourth-order valence-corrected chi connectivity index (χ4v) is 4.28. The van der Waals surface area contributed by atoms with Crippen LogP contribution in [0.2, 0.25) is 0 Å². The highest BCUT2D eigenvalue weighted by Crippen LogP contribution is 2.42. The summed E-state index contributed by atoms with van der Waals surface area (Å²) in [6, 6.07) is 0.969. The lowest BCUT2D eigenvalue weighted by Gasteiger charge is -2.30. The SMILES string of the molecule is C[C@H](C1CC1)N(C(=O)N[C@H](C)c1csc(C2CC2)n1)C1CC1. The van der Waals surface area contributed by atoms with E-state index in [9.17, 15) is 4.79 Å². The minimum absolute atomic E-state index is 0.00361. The molecule has 1 N–H and O–H groups in total. The number of nitrogens with zero attached hydrogens (tertiary/aromatic N) is 2. The smallest absolute Gasteiger partial charge is 0.318 e. The first kappa shape index (κ1) is 14.5. The third kappa shape index (κ3) is 3.00. The van der Waals surface area contributed by atoms with Crippen LogP contribution in [0.15, 0.2) is 5.38 Å². The molecule has 5 heteroatoms. The number of nitrogens with one attached hydrogen (secondary N) is 1. The average Bonchev–Trinajstić information content (AvgIpc) is 3.33. The van der Waals surface area contributed by atoms with E-state index < -0.39 is 0 Å². The molecule has 1 heterocycles. The van der Waals surface area contributed by atoms with E-state index in [1.165, 1.54) is 43.5 Å². The van der Waals surface area contributed by atoms with Gasteiger partial charge in [0.15, 0.2) is 0 Å². The van der Waals surface area contributed by atoms with Crippen LogP contribution in [0.5, 0.6) is 0 Å². The Kier molecular flexibility index (Phi) is 3.63. The minimum atomic E-state index is 0.00361. The van der Waals surface area contributed by atoms with Crippen molar-refractivity contribution < 1.29 is 4.79 Å². The van der Waals surface area contributed by atoms with Crippen LogP contribution in [0.1, 0.15) is 75.0 Å². The van der Waals surface area contributed by atoms with Gasteiger partial charge in [-0.25, -0.2) is 9.78 Å². The number of hydrogen-bond acceptors (Lipinski definition) is 3. The second-order valence-corrected chi connectivity index (χ2v) is 8.16. The highest BCUT2D eigenvalue weighted by molar-refractivity contribution is 7.09. The second-order valence-electron chi connectivity index (χ2n) is 7.27. The average molecular weight is 319 g/mol. The number of carbonyl (C=O) groups is 1. The maximum absolute atomic E-state index is 12.7. The topological polar surface area (TPSA) is 45.2 Å². The Morgan fingerprint density at radius 1 is 1.27 bits per heavy atom. The summed E-state index contributed by atoms with van der Waals surface area (Å²) in [5.41, 5.74) is 1.02. The molecule has 3 aliphatic rings. The fourth-order valence-electron chi connectivity index (χ4n) is 3.19. The summed E-state index contributed by atoms with van der Waals surface area (Å²) in [6.45, 7) is 4.27. The summed E-state index contributed by atoms with van der Waals surface area (Å²) >= 11 is 1.75. The van der Waals surface area contributed by atoms with E-state index in [1.54, 1.807) is 11.3 Å². The summed E-state index contributed by atoms with van der Waals surface area (Å²) < 4.78 is 0. The van der Waals surface area contributed by atoms with Gasteiger partial charge in [-0.1, -0.05) is 0 Å². The van der Waals surface area contributed by atoms with Gasteiger partial charge in [0.25, 0.3) is 0 Å². The zero-order chi connectivity index (χ0) is 15.3. The number of carbonyl (C=O) groups excluding carboxylic acids is 1. The molecule has 0 aliphatic heterocycles. The van der Waals surface area contributed by atoms with E-state index in [0.29, 0.717) is 18.0 Å². The van der Waals surface area contributed by atoms with Crippen molar-refractivity contribution in [3.05, 3.63) is 16.1 Å². The van der Waals surface area contributed by atoms with Crippen LogP contribution in [-0.4, -0.2) is 28.0 Å². The number of thiazole rings is 1. The van der Waals surface area contributed by atoms with Gasteiger partial charge in [-0.3, -0.25) is 0 Å². The maximum atomic E-state index is 12.7. The van der Waals surface area contributed by atoms with Crippen LogP contribution in [0, 0.1) is 5.92 Å². The van der Waals surface area contributed by atoms with E-state index in [1.807, 2.05) is 0 Å². The summed E-state index contributed by atoms with van der Waals surface area (Å²) in [5, 5.41) is 6.55. The first-order valence-electron chi connectivity index (χ1n) is 8.67. The molecule has 0 saturated heterocycles. The monoisotopic (exact) mass is 319 g/mol. The molecule has 1 aromatic heterocycles. The second kappa shape index (κ2) is 5.52. The van der Waals surface area contributed by atoms with Gasteiger partial charge in [-0.05, 0) is 58.3 Å². The Morgan fingerprint density at radius 3 is 2.59 bits per heavy atom. The highest BCUT2D eigenvalue weighted by atomic mass is 32.1. The number of aromatic nitrogens is 1. The van der Waals surface area contributed by atoms with Crippen molar-refractivity contribution in [2.75, 3.05) is 0 Å². The molecule has 2 atom stereocenters. The standard InChI is InChI=1S/C17H25N3OS/c1-10(15-9-22-16(19-15)13-5-6-13)18-17(21)20(14-7-8-14)11(2)12-3-4-12/h9-14H,3-8H2,1-2H3,(H,18,21)/t10-,11-/m1/s1.